The maximum absolute atomic E-state index is 11.8. The van der Waals surface area contributed by atoms with Crippen LogP contribution >= 0.6 is 143 Å². The van der Waals surface area contributed by atoms with Crippen molar-refractivity contribution in [2.45, 2.75) is 81.2 Å². The van der Waals surface area contributed by atoms with Crippen LogP contribution in [0.1, 0.15) is 37.5 Å². The molecule has 0 unspecified atom stereocenters. The molecule has 105 heavy (non-hydrogen) atoms. The Kier molecular flexibility index (Phi) is 41.6. The molecule has 526 valence electrons. The number of carbonyl (C=O) groups excluding carboxylic acids is 3. The van der Waals surface area contributed by atoms with E-state index in [1.54, 1.807) is 77.8 Å². The van der Waals surface area contributed by atoms with Crippen LogP contribution in [-0.2, 0) is 32.1 Å². The van der Waals surface area contributed by atoms with Crippen LogP contribution in [0.15, 0.2) is 323 Å². The van der Waals surface area contributed by atoms with Crippen LogP contribution in [0.4, 0.5) is 28.4 Å². The van der Waals surface area contributed by atoms with Crippen LogP contribution in [0.2, 0.25) is 5.15 Å². The van der Waals surface area contributed by atoms with Crippen LogP contribution in [-0.4, -0.2) is 58.0 Å². The predicted molar refractivity (Wildman–Crippen MR) is 422 cm³/mol. The Balaban J connectivity index is 0.000000260. The van der Waals surface area contributed by atoms with E-state index in [-0.39, 0.29) is 151 Å². The molecular weight excluding hydrogens is 1740 g/mol. The molecule has 3 aliphatic heterocycles. The van der Waals surface area contributed by atoms with Gasteiger partial charge in [-0.2, -0.15) is 0 Å². The van der Waals surface area contributed by atoms with Gasteiger partial charge in [0.2, 0.25) is 17.0 Å². The molecule has 0 saturated heterocycles. The number of para-hydroxylation sites is 1. The minimum Gasteiger partial charge on any atom is -1.00 e. The van der Waals surface area contributed by atoms with Crippen LogP contribution in [0.25, 0.3) is 0 Å². The Bertz CT molecular complexity index is 4570. The van der Waals surface area contributed by atoms with Crippen LogP contribution in [0.3, 0.4) is 0 Å². The van der Waals surface area contributed by atoms with Gasteiger partial charge in [0, 0.05) is 119 Å². The topological polar surface area (TPSA) is 262 Å². The van der Waals surface area contributed by atoms with Crippen molar-refractivity contribution in [1.29, 1.82) is 0 Å². The van der Waals surface area contributed by atoms with Gasteiger partial charge in [-0.25, -0.2) is 29.9 Å². The first-order valence-electron chi connectivity index (χ1n) is 29.9. The predicted octanol–water partition coefficient (Wildman–Crippen LogP) is 14.7. The zero-order valence-corrected chi connectivity index (χ0v) is 73.4. The van der Waals surface area contributed by atoms with E-state index in [0.29, 0.717) is 5.03 Å². The molecule has 32 heteroatoms. The summed E-state index contributed by atoms with van der Waals surface area (Å²) in [7, 11) is 0. The first-order chi connectivity index (χ1) is 49.4. The molecule has 0 spiro atoms. The van der Waals surface area contributed by atoms with Crippen LogP contribution < -0.4 is 118 Å². The van der Waals surface area contributed by atoms with Gasteiger partial charge in [-0.15, -0.1) is 25.0 Å². The fourth-order valence-corrected chi connectivity index (χ4v) is 15.4. The van der Waals surface area contributed by atoms with Gasteiger partial charge < -0.3 is 16.9 Å². The number of nitrogens with one attached hydrogen (secondary N) is 1. The number of thiol groups is 1. The smallest absolute Gasteiger partial charge is 1.00 e. The summed E-state index contributed by atoms with van der Waals surface area (Å²) in [6.07, 6.45) is 12.2. The molecule has 6 aromatic carbocycles. The zero-order chi connectivity index (χ0) is 72.8. The minimum atomic E-state index is -0.574. The molecule has 0 radical (unpaired) electrons. The Labute approximate surface area is 755 Å². The summed E-state index contributed by atoms with van der Waals surface area (Å²) >= 11 is 27.6. The summed E-state index contributed by atoms with van der Waals surface area (Å²) in [6, 6.07) is 69.7. The molecule has 0 aliphatic carbocycles. The normalized spacial score (nSPS) is 10.8. The van der Waals surface area contributed by atoms with Gasteiger partial charge in [-0.3, -0.25) is 39.5 Å². The number of anilines is 3. The second-order valence-corrected chi connectivity index (χ2v) is 28.9. The number of rotatable bonds is 8. The van der Waals surface area contributed by atoms with Crippen molar-refractivity contribution in [3.8, 4) is 0 Å². The average molecular weight is 1800 g/mol. The molecule has 15 rings (SSSR count). The molecule has 6 aromatic heterocycles. The van der Waals surface area contributed by atoms with Gasteiger partial charge in [0.1, 0.15) is 20.1 Å². The zero-order valence-electron chi connectivity index (χ0n) is 56.8. The molecule has 3 aliphatic rings. The Morgan fingerprint density at radius 2 is 0.914 bits per heavy atom. The molecule has 19 nitrogen and oxygen atoms in total. The quantitative estimate of drug-likeness (QED) is 0.0272. The van der Waals surface area contributed by atoms with E-state index < -0.39 is 9.85 Å². The molecule has 9 heterocycles. The fraction of sp³-hybridized carbons (Fsp3) is 0.0548. The standard InChI is InChI=1S/C13H11BrN2OS.C13H10N2OS.2C12H9NS.C11H7BrN2O2S.C6H5BrS.C5H3ClN2O2.CH2O3.ClH.2K.H/c1-9(17)16-11-6-4-8-15-13(11)18-12-7-3-2-5-10(12)14;1-9(16)15-10-5-2-3-7-12(10)17-13-11(15)6-4-8-14-13;2*1-2-6-11-9(4-1)8-10-5-3-7-13-12(10)14-11;12-8-4-1-2-6-10(8)17-11-9(14(15)16)5-3-7-13-11;7-5-3-1-2-4-6(5)8;6-5-4(8(9)10)2-1-3-7-5;2-1-4-3;;;;/h2-8H,1H3,(H,16,17);2-8H,1H3;2*1-7H,8H2;1-7H;1-4,8H;1-3H;1,3H;1H;;;/q;;;;;;;;;2*+1;-1/p-1. The SMILES string of the molecule is CC(=O)N1c2ccccc2Sc2ncccc21.CC(=O)Nc1cccnc1Sc1ccccc1Br.Cl.O=CO[O-].O=[N+]([O-])c1cccnc1Cl.O=[N+]([O-])c1cccnc1Sc1ccccc1Br.Sc1ccccc1Br.[H-].[K+].[K+].c1ccc2c(c1)Cc1cccnc1S2.c1ccc2c(c1)Cc1cccnc1S2. The second kappa shape index (κ2) is 48.3. The number of hydrogen-bond acceptors (Lipinski definition) is 21. The maximum atomic E-state index is 11.8. The van der Waals surface area contributed by atoms with Crippen molar-refractivity contribution in [2.24, 2.45) is 0 Å². The monoisotopic (exact) mass is 1790 g/mol. The fourth-order valence-electron chi connectivity index (χ4n) is 8.94. The number of carbonyl (C=O) groups is 3. The van der Waals surface area contributed by atoms with Crippen molar-refractivity contribution < 1.29 is 139 Å². The first kappa shape index (κ1) is 90.4. The third-order valence-corrected chi connectivity index (χ3v) is 22.6. The van der Waals surface area contributed by atoms with Crippen molar-refractivity contribution >= 4 is 190 Å². The Hall–Kier alpha value is -5.22. The van der Waals surface area contributed by atoms with Crippen LogP contribution in [0, 0.1) is 20.2 Å². The van der Waals surface area contributed by atoms with E-state index in [4.69, 9.17) is 21.7 Å². The number of halogens is 5. The number of nitro groups is 2. The van der Waals surface area contributed by atoms with Crippen molar-refractivity contribution in [2.75, 3.05) is 10.2 Å². The van der Waals surface area contributed by atoms with E-state index in [1.807, 2.05) is 140 Å². The van der Waals surface area contributed by atoms with Gasteiger partial charge in [-0.1, -0.05) is 167 Å². The molecule has 2 amide bonds. The minimum absolute atomic E-state index is 0. The number of fused-ring (bicyclic) bond motifs is 6. The number of benzene rings is 6. The molecule has 0 bridgehead atoms. The molecule has 0 fully saturated rings. The molecule has 0 saturated carbocycles. The summed E-state index contributed by atoms with van der Waals surface area (Å²) in [5, 5.41) is 36.4. The molecule has 12 aromatic rings. The third kappa shape index (κ3) is 28.6. The third-order valence-electron chi connectivity index (χ3n) is 13.4. The molecule has 1 N–H and O–H groups in total. The average Bonchev–Trinajstić information content (AvgIpc) is 0.771. The summed E-state index contributed by atoms with van der Waals surface area (Å²) in [6.45, 7) is 2.88. The van der Waals surface area contributed by atoms with Gasteiger partial charge in [0.15, 0.2) is 5.03 Å². The van der Waals surface area contributed by atoms with Gasteiger partial charge in [0.05, 0.1) is 26.9 Å². The van der Waals surface area contributed by atoms with Gasteiger partial charge in [-0.05, 0) is 179 Å². The van der Waals surface area contributed by atoms with Crippen molar-refractivity contribution in [1.82, 2.24) is 29.9 Å². The Morgan fingerprint density at radius 3 is 1.39 bits per heavy atom. The van der Waals surface area contributed by atoms with Crippen LogP contribution in [0.5, 0.6) is 0 Å². The second-order valence-electron chi connectivity index (χ2n) is 20.4. The number of pyridine rings is 6. The summed E-state index contributed by atoms with van der Waals surface area (Å²) in [4.78, 5) is 87.5. The van der Waals surface area contributed by atoms with Gasteiger partial charge >= 0.3 is 114 Å². The maximum Gasteiger partial charge on any atom is 1.00 e. The number of aromatic nitrogens is 6. The summed E-state index contributed by atoms with van der Waals surface area (Å²) in [5.41, 5.74) is 7.90. The number of amides is 2. The number of nitrogens with zero attached hydrogens (tertiary/aromatic N) is 9. The van der Waals surface area contributed by atoms with E-state index in [1.165, 1.54) is 86.9 Å². The largest absolute Gasteiger partial charge is 1.00 e. The van der Waals surface area contributed by atoms with E-state index in [9.17, 15) is 29.8 Å². The van der Waals surface area contributed by atoms with Crippen molar-refractivity contribution in [3.63, 3.8) is 0 Å². The van der Waals surface area contributed by atoms with E-state index in [2.05, 4.69) is 161 Å². The number of hydrogen-bond donors (Lipinski definition) is 2. The summed E-state index contributed by atoms with van der Waals surface area (Å²) in [5.74, 6) is -0.0935. The Morgan fingerprint density at radius 1 is 0.524 bits per heavy atom. The van der Waals surface area contributed by atoms with E-state index >= 15 is 0 Å². The van der Waals surface area contributed by atoms with E-state index in [0.717, 1.165) is 83.0 Å². The first-order valence-corrected chi connectivity index (χ1v) is 37.2. The molecular formula is C73H57Br3Cl2K2N10O9S6. The summed E-state index contributed by atoms with van der Waals surface area (Å²) < 4.78 is 2.95. The van der Waals surface area contributed by atoms with Crippen molar-refractivity contribution in [3.05, 3.63) is 317 Å². The van der Waals surface area contributed by atoms with Gasteiger partial charge in [0.25, 0.3) is 6.47 Å². The molecule has 0 atom stereocenters.